The minimum Gasteiger partial charge on any atom is -0.469 e. The number of nitriles is 1. The van der Waals surface area contributed by atoms with Crippen LogP contribution in [-0.4, -0.2) is 118 Å². The van der Waals surface area contributed by atoms with Crippen molar-refractivity contribution in [2.45, 2.75) is 56.1 Å². The Kier molecular flexibility index (Phi) is 11.4. The van der Waals surface area contributed by atoms with Crippen molar-refractivity contribution >= 4 is 11.7 Å². The Morgan fingerprint density at radius 1 is 1.08 bits per heavy atom. The molecule has 50 heavy (non-hydrogen) atoms. The molecule has 11 heteroatoms. The number of methoxy groups -OCH3 is 1. The Balaban J connectivity index is 1.20. The number of esters is 1. The summed E-state index contributed by atoms with van der Waals surface area (Å²) >= 11 is 0. The van der Waals surface area contributed by atoms with Crippen LogP contribution in [0.3, 0.4) is 0 Å². The van der Waals surface area contributed by atoms with Crippen LogP contribution in [0.5, 0.6) is 0 Å². The second-order valence-corrected chi connectivity index (χ2v) is 15.5. The molecule has 0 bridgehead atoms. The molecule has 3 heterocycles. The molecule has 3 aliphatic heterocycles. The second-order valence-electron chi connectivity index (χ2n) is 15.5. The molecule has 272 valence electrons. The number of hydrogen-bond donors (Lipinski definition) is 1. The number of nitrogens with zero attached hydrogens (tertiary/aromatic N) is 5. The zero-order chi connectivity index (χ0) is 35.5. The van der Waals surface area contributed by atoms with Gasteiger partial charge in [-0.1, -0.05) is 18.6 Å². The van der Waals surface area contributed by atoms with Crippen molar-refractivity contribution in [2.75, 3.05) is 91.7 Å². The summed E-state index contributed by atoms with van der Waals surface area (Å²) < 4.78 is 41.1. The molecule has 1 N–H and O–H groups in total. The highest BCUT2D eigenvalue weighted by Gasteiger charge is 2.53. The van der Waals surface area contributed by atoms with Gasteiger partial charge in [0.05, 0.1) is 37.6 Å². The number of hydrogen-bond acceptors (Lipinski definition) is 9. The summed E-state index contributed by atoms with van der Waals surface area (Å²) in [6.07, 6.45) is 5.13. The van der Waals surface area contributed by atoms with Crippen LogP contribution >= 0.6 is 0 Å². The zero-order valence-electron chi connectivity index (χ0n) is 29.9. The third-order valence-corrected chi connectivity index (χ3v) is 11.9. The van der Waals surface area contributed by atoms with Crippen molar-refractivity contribution < 1.29 is 28.2 Å². The molecule has 4 fully saturated rings. The molecule has 0 aromatic heterocycles. The fraction of sp³-hybridized carbons (Fsp3) is 0.641. The van der Waals surface area contributed by atoms with E-state index < -0.39 is 11.4 Å². The number of β-amino-alcohol motifs (C(OH)–C–C–N with tert-alkyl or cyclic N) is 1. The normalized spacial score (nSPS) is 24.5. The van der Waals surface area contributed by atoms with Crippen molar-refractivity contribution in [1.29, 1.82) is 5.26 Å². The van der Waals surface area contributed by atoms with Crippen molar-refractivity contribution in [1.82, 2.24) is 14.7 Å². The van der Waals surface area contributed by atoms with E-state index in [0.29, 0.717) is 57.1 Å². The Labute approximate surface area is 295 Å². The first-order valence-electron chi connectivity index (χ1n) is 18.2. The summed E-state index contributed by atoms with van der Waals surface area (Å²) in [6, 6.07) is 12.3. The minimum absolute atomic E-state index is 0.160. The largest absolute Gasteiger partial charge is 0.469 e. The number of morpholine rings is 1. The number of anilines is 1. The molecule has 3 saturated heterocycles. The maximum absolute atomic E-state index is 15.1. The Morgan fingerprint density at radius 3 is 2.48 bits per heavy atom. The third kappa shape index (κ3) is 7.85. The molecule has 0 unspecified atom stereocenters. The maximum Gasteiger partial charge on any atom is 0.305 e. The predicted octanol–water partition coefficient (Wildman–Crippen LogP) is 4.41. The van der Waals surface area contributed by atoms with Gasteiger partial charge in [0.25, 0.3) is 0 Å². The maximum atomic E-state index is 15.1. The second kappa shape index (κ2) is 15.6. The smallest absolute Gasteiger partial charge is 0.305 e. The number of ether oxygens (including phenoxy) is 2. The van der Waals surface area contributed by atoms with Gasteiger partial charge in [-0.15, -0.1) is 0 Å². The van der Waals surface area contributed by atoms with Crippen molar-refractivity contribution in [3.63, 3.8) is 0 Å². The van der Waals surface area contributed by atoms with E-state index >= 15 is 8.78 Å². The average Bonchev–Trinajstić information content (AvgIpc) is 3.55. The summed E-state index contributed by atoms with van der Waals surface area (Å²) in [4.78, 5) is 21.3. The lowest BCUT2D eigenvalue weighted by molar-refractivity contribution is -0.142. The molecule has 4 aliphatic rings. The molecule has 2 aromatic rings. The quantitative estimate of drug-likeness (QED) is 0.325. The Morgan fingerprint density at radius 2 is 1.82 bits per heavy atom. The van der Waals surface area contributed by atoms with Crippen LogP contribution in [0, 0.1) is 40.7 Å². The van der Waals surface area contributed by atoms with E-state index in [4.69, 9.17) is 9.47 Å². The first kappa shape index (κ1) is 36.6. The van der Waals surface area contributed by atoms with Crippen LogP contribution in [0.1, 0.15) is 55.2 Å². The summed E-state index contributed by atoms with van der Waals surface area (Å²) in [5, 5.41) is 21.1. The van der Waals surface area contributed by atoms with Crippen LogP contribution in [-0.2, 0) is 26.2 Å². The van der Waals surface area contributed by atoms with E-state index in [9.17, 15) is 15.2 Å². The molecular weight excluding hydrogens is 640 g/mol. The van der Waals surface area contributed by atoms with Gasteiger partial charge in [-0.05, 0) is 106 Å². The standard InChI is InChI=1S/C39H53F2N5O4/c1-43(2)23-30-19-36(35(41)18-29(30)22-42)46-25-38(48,26-46)24-44-12-10-31(11-13-44)39(27-45-14-16-50-17-15-45,32-7-5-8-33(40)21-32)34-9-4-6-28(34)20-37(47)49-3/h5,7-8,18-19,21,28,31,34,48H,4,6,9-17,20,23-27H2,1-3H3/t28-,34+,39+/m1/s1. The topological polar surface area (TPSA) is 92.5 Å². The van der Waals surface area contributed by atoms with Gasteiger partial charge < -0.3 is 29.3 Å². The molecule has 1 aliphatic carbocycles. The van der Waals surface area contributed by atoms with E-state index in [-0.39, 0.29) is 35.0 Å². The SMILES string of the molecule is COC(=O)C[C@H]1CCC[C@@H]1[C@](CN1CCOCC1)(c1cccc(F)c1)C1CCN(CC2(O)CN(c3cc(CN(C)C)c(C#N)cc3F)C2)CC1. The molecule has 9 nitrogen and oxygen atoms in total. The lowest BCUT2D eigenvalue weighted by Gasteiger charge is -2.54. The van der Waals surface area contributed by atoms with E-state index in [2.05, 4.69) is 21.9 Å². The van der Waals surface area contributed by atoms with Gasteiger partial charge in [0.15, 0.2) is 0 Å². The van der Waals surface area contributed by atoms with E-state index in [1.54, 1.807) is 12.1 Å². The van der Waals surface area contributed by atoms with Gasteiger partial charge in [0, 0.05) is 57.6 Å². The highest BCUT2D eigenvalue weighted by atomic mass is 19.1. The molecular formula is C39H53F2N5O4. The number of aliphatic hydroxyl groups is 1. The van der Waals surface area contributed by atoms with Gasteiger partial charge in [-0.25, -0.2) is 8.78 Å². The van der Waals surface area contributed by atoms with Crippen LogP contribution in [0.4, 0.5) is 14.5 Å². The van der Waals surface area contributed by atoms with E-state index in [1.165, 1.54) is 19.2 Å². The van der Waals surface area contributed by atoms with Crippen molar-refractivity contribution in [3.05, 3.63) is 64.7 Å². The van der Waals surface area contributed by atoms with Gasteiger partial charge >= 0.3 is 5.97 Å². The number of benzene rings is 2. The van der Waals surface area contributed by atoms with E-state index in [1.807, 2.05) is 30.0 Å². The average molecular weight is 694 g/mol. The number of carbonyl (C=O) groups excluding carboxylic acids is 1. The molecule has 3 atom stereocenters. The van der Waals surface area contributed by atoms with Crippen LogP contribution in [0.25, 0.3) is 0 Å². The number of likely N-dealkylation sites (tertiary alicyclic amines) is 1. The Hall–Kier alpha value is -3.14. The fourth-order valence-electron chi connectivity index (χ4n) is 9.63. The Bertz CT molecular complexity index is 1530. The number of rotatable bonds is 12. The monoisotopic (exact) mass is 693 g/mol. The minimum atomic E-state index is -0.973. The summed E-state index contributed by atoms with van der Waals surface area (Å²) in [5.74, 6) is -0.258. The molecule has 0 radical (unpaired) electrons. The first-order chi connectivity index (χ1) is 24.0. The van der Waals surface area contributed by atoms with Crippen LogP contribution in [0.2, 0.25) is 0 Å². The van der Waals surface area contributed by atoms with E-state index in [0.717, 1.165) is 76.0 Å². The highest BCUT2D eigenvalue weighted by molar-refractivity contribution is 5.69. The lowest BCUT2D eigenvalue weighted by Crippen LogP contribution is -2.67. The van der Waals surface area contributed by atoms with Crippen molar-refractivity contribution in [2.24, 2.45) is 17.8 Å². The number of carbonyl (C=O) groups is 1. The predicted molar refractivity (Wildman–Crippen MR) is 188 cm³/mol. The highest BCUT2D eigenvalue weighted by Crippen LogP contribution is 2.54. The number of halogens is 2. The van der Waals surface area contributed by atoms with Gasteiger partial charge in [0.1, 0.15) is 17.2 Å². The summed E-state index contributed by atoms with van der Waals surface area (Å²) in [6.45, 7) is 7.02. The molecule has 0 amide bonds. The first-order valence-corrected chi connectivity index (χ1v) is 18.2. The third-order valence-electron chi connectivity index (χ3n) is 11.9. The van der Waals surface area contributed by atoms with Crippen LogP contribution in [0.15, 0.2) is 36.4 Å². The molecule has 1 saturated carbocycles. The van der Waals surface area contributed by atoms with Gasteiger partial charge in [0.2, 0.25) is 0 Å². The molecule has 2 aromatic carbocycles. The van der Waals surface area contributed by atoms with Gasteiger partial charge in [-0.2, -0.15) is 5.26 Å². The summed E-state index contributed by atoms with van der Waals surface area (Å²) in [5.41, 5.74) is 1.21. The summed E-state index contributed by atoms with van der Waals surface area (Å²) in [7, 11) is 5.28. The van der Waals surface area contributed by atoms with Gasteiger partial charge in [-0.3, -0.25) is 9.69 Å². The fourth-order valence-corrected chi connectivity index (χ4v) is 9.63. The lowest BCUT2D eigenvalue weighted by atomic mass is 9.56. The van der Waals surface area contributed by atoms with Crippen LogP contribution < -0.4 is 4.90 Å². The zero-order valence-corrected chi connectivity index (χ0v) is 29.9. The molecule has 6 rings (SSSR count). The number of piperidine rings is 1. The molecule has 0 spiro atoms. The van der Waals surface area contributed by atoms with Crippen molar-refractivity contribution in [3.8, 4) is 6.07 Å².